The number of fused-ring (bicyclic) bond motifs is 3. The fourth-order valence-corrected chi connectivity index (χ4v) is 7.30. The SMILES string of the molecule is Bc1c(B)c(B)c(-c2nc(-c3c(B)c(B)c(B)c(B)c3B)nc(-c3cccc4oc5cccc(-c6ccccc6)c5c34)n2)c(B)c1B. The average molecular weight is 594 g/mol. The number of hydrogen-bond donors (Lipinski definition) is 0. The lowest BCUT2D eigenvalue weighted by atomic mass is 9.60. The first kappa shape index (κ1) is 31.2. The highest BCUT2D eigenvalue weighted by Gasteiger charge is 2.24. The molecule has 7 aromatic rings. The molecule has 0 aliphatic rings. The summed E-state index contributed by atoms with van der Waals surface area (Å²) >= 11 is 0. The summed E-state index contributed by atoms with van der Waals surface area (Å²) in [5.74, 6) is 2.05. The average Bonchev–Trinajstić information content (AvgIpc) is 3.48. The second-order valence-corrected chi connectivity index (χ2v) is 13.1. The molecule has 2 heterocycles. The Hall–Kier alpha value is -4.44. The van der Waals surface area contributed by atoms with E-state index in [1.165, 1.54) is 54.6 Å². The van der Waals surface area contributed by atoms with Crippen LogP contribution < -0.4 is 54.6 Å². The first-order valence-corrected chi connectivity index (χ1v) is 16.4. The highest BCUT2D eigenvalue weighted by molar-refractivity contribution is 6.69. The maximum atomic E-state index is 6.50. The molecular weight excluding hydrogens is 563 g/mol. The number of hydrogen-bond acceptors (Lipinski definition) is 4. The third-order valence-electron chi connectivity index (χ3n) is 10.9. The Bertz CT molecular complexity index is 2280. The third-order valence-corrected chi connectivity index (χ3v) is 10.9. The van der Waals surface area contributed by atoms with Crippen LogP contribution in [-0.4, -0.2) is 93.4 Å². The fraction of sp³-hybridized carbons (Fsp3) is 0. The lowest BCUT2D eigenvalue weighted by Gasteiger charge is -2.22. The van der Waals surface area contributed by atoms with Gasteiger partial charge >= 0.3 is 0 Å². The number of benzene rings is 5. The van der Waals surface area contributed by atoms with Crippen LogP contribution in [0.4, 0.5) is 0 Å². The van der Waals surface area contributed by atoms with Crippen molar-refractivity contribution in [3.05, 3.63) is 66.7 Å². The smallest absolute Gasteiger partial charge is 0.164 e. The first-order chi connectivity index (χ1) is 22.5. The molecule has 0 atom stereocenters. The summed E-state index contributed by atoms with van der Waals surface area (Å²) in [6.45, 7) is 0. The number of furan rings is 1. The van der Waals surface area contributed by atoms with Crippen LogP contribution in [-0.2, 0) is 0 Å². The molecule has 0 N–H and O–H groups in total. The highest BCUT2D eigenvalue weighted by Crippen LogP contribution is 2.41. The second-order valence-electron chi connectivity index (χ2n) is 13.1. The molecule has 0 fully saturated rings. The molecular formula is C33H31B10N3O. The zero-order valence-electron chi connectivity index (χ0n) is 29.1. The van der Waals surface area contributed by atoms with Crippen LogP contribution in [0.1, 0.15) is 0 Å². The molecule has 0 aliphatic heterocycles. The predicted molar refractivity (Wildman–Crippen MR) is 231 cm³/mol. The van der Waals surface area contributed by atoms with Crippen LogP contribution >= 0.6 is 0 Å². The standard InChI is InChI=1S/C33H31B10N3O/c34-21-19(22(35)26(39)29(42)25(21)38)32-44-31(45-33(46-32)20-23(36)27(40)30(43)28(41)24(20)37)14-9-5-11-16-18(14)17-13(8-4-10-15(17)47-16)12-6-2-1-3-7-12/h1-11H,34-43H2. The molecule has 5 aromatic carbocycles. The number of nitrogens with zero attached hydrogens (tertiary/aromatic N) is 3. The summed E-state index contributed by atoms with van der Waals surface area (Å²) in [4.78, 5) is 16.0. The van der Waals surface area contributed by atoms with E-state index >= 15 is 0 Å². The van der Waals surface area contributed by atoms with E-state index in [4.69, 9.17) is 19.4 Å². The van der Waals surface area contributed by atoms with Gasteiger partial charge in [-0.15, -0.1) is 32.8 Å². The maximum absolute atomic E-state index is 6.50. The van der Waals surface area contributed by atoms with Crippen LogP contribution in [0.5, 0.6) is 0 Å². The molecule has 0 radical (unpaired) electrons. The molecule has 0 unspecified atom stereocenters. The van der Waals surface area contributed by atoms with E-state index in [2.05, 4.69) is 121 Å². The van der Waals surface area contributed by atoms with Gasteiger partial charge in [-0.05, 0) is 23.3 Å². The number of aromatic nitrogens is 3. The summed E-state index contributed by atoms with van der Waals surface area (Å²) in [6.07, 6.45) is 0. The Morgan fingerprint density at radius 3 is 1.21 bits per heavy atom. The summed E-state index contributed by atoms with van der Waals surface area (Å²) in [5.41, 5.74) is 19.6. The third kappa shape index (κ3) is 4.87. The van der Waals surface area contributed by atoms with Crippen LogP contribution in [0.3, 0.4) is 0 Å². The van der Waals surface area contributed by atoms with Gasteiger partial charge in [-0.2, -0.15) is 0 Å². The monoisotopic (exact) mass is 595 g/mol. The van der Waals surface area contributed by atoms with Crippen molar-refractivity contribution in [2.75, 3.05) is 0 Å². The quantitative estimate of drug-likeness (QED) is 0.191. The molecule has 7 rings (SSSR count). The molecule has 0 amide bonds. The Labute approximate surface area is 285 Å². The molecule has 14 heteroatoms. The molecule has 2 aromatic heterocycles. The van der Waals surface area contributed by atoms with Gasteiger partial charge < -0.3 is 4.42 Å². The van der Waals surface area contributed by atoms with Crippen molar-refractivity contribution in [1.82, 2.24) is 15.0 Å². The summed E-state index contributed by atoms with van der Waals surface area (Å²) in [6, 6.07) is 23.0. The van der Waals surface area contributed by atoms with Crippen LogP contribution in [0, 0.1) is 0 Å². The molecule has 0 saturated heterocycles. The summed E-state index contributed by atoms with van der Waals surface area (Å²) in [5, 5.41) is 2.08. The molecule has 47 heavy (non-hydrogen) atoms. The van der Waals surface area contributed by atoms with Crippen molar-refractivity contribution >= 4 is 155 Å². The Balaban J connectivity index is 1.62. The van der Waals surface area contributed by atoms with Crippen molar-refractivity contribution in [2.24, 2.45) is 0 Å². The van der Waals surface area contributed by atoms with E-state index in [9.17, 15) is 0 Å². The van der Waals surface area contributed by atoms with Crippen molar-refractivity contribution in [3.8, 4) is 45.3 Å². The van der Waals surface area contributed by atoms with Gasteiger partial charge in [0.1, 0.15) is 89.6 Å². The number of rotatable bonds is 4. The Morgan fingerprint density at radius 2 is 0.745 bits per heavy atom. The molecule has 0 spiro atoms. The van der Waals surface area contributed by atoms with Gasteiger partial charge in [-0.25, -0.2) is 15.0 Å². The van der Waals surface area contributed by atoms with Gasteiger partial charge in [0.15, 0.2) is 17.5 Å². The molecule has 4 nitrogen and oxygen atoms in total. The minimum atomic E-state index is 0.644. The Morgan fingerprint density at radius 1 is 0.362 bits per heavy atom. The zero-order valence-corrected chi connectivity index (χ0v) is 29.1. The highest BCUT2D eigenvalue weighted by atomic mass is 16.3. The van der Waals surface area contributed by atoms with Gasteiger partial charge in [-0.1, -0.05) is 76.4 Å². The topological polar surface area (TPSA) is 51.8 Å². The van der Waals surface area contributed by atoms with E-state index < -0.39 is 0 Å². The van der Waals surface area contributed by atoms with Crippen molar-refractivity contribution in [2.45, 2.75) is 0 Å². The summed E-state index contributed by atoms with van der Waals surface area (Å²) in [7, 11) is 22.0. The van der Waals surface area contributed by atoms with E-state index in [0.29, 0.717) is 17.5 Å². The summed E-state index contributed by atoms with van der Waals surface area (Å²) < 4.78 is 6.50. The van der Waals surface area contributed by atoms with Crippen LogP contribution in [0.2, 0.25) is 0 Å². The largest absolute Gasteiger partial charge is 0.456 e. The van der Waals surface area contributed by atoms with Crippen molar-refractivity contribution in [3.63, 3.8) is 0 Å². The molecule has 214 valence electrons. The molecule has 0 bridgehead atoms. The maximum Gasteiger partial charge on any atom is 0.164 e. The van der Waals surface area contributed by atoms with E-state index in [-0.39, 0.29) is 0 Å². The van der Waals surface area contributed by atoms with Crippen molar-refractivity contribution < 1.29 is 4.42 Å². The van der Waals surface area contributed by atoms with E-state index in [0.717, 1.165) is 49.8 Å². The normalized spacial score (nSPS) is 11.4. The second kappa shape index (κ2) is 11.7. The molecule has 0 aliphatic carbocycles. The fourth-order valence-electron chi connectivity index (χ4n) is 7.30. The molecule has 0 saturated carbocycles. The van der Waals surface area contributed by atoms with Gasteiger partial charge in [-0.3, -0.25) is 0 Å². The minimum Gasteiger partial charge on any atom is -0.456 e. The first-order valence-electron chi connectivity index (χ1n) is 16.4. The van der Waals surface area contributed by atoms with Gasteiger partial charge in [0.25, 0.3) is 0 Å². The van der Waals surface area contributed by atoms with Crippen LogP contribution in [0.15, 0.2) is 71.1 Å². The van der Waals surface area contributed by atoms with E-state index in [1.54, 1.807) is 0 Å². The van der Waals surface area contributed by atoms with Crippen molar-refractivity contribution in [1.29, 1.82) is 0 Å². The van der Waals surface area contributed by atoms with Gasteiger partial charge in [0.05, 0.1) is 0 Å². The lowest BCUT2D eigenvalue weighted by molar-refractivity contribution is 0.669. The minimum absolute atomic E-state index is 0.644. The predicted octanol–water partition coefficient (Wildman–Crippen LogP) is -8.98. The van der Waals surface area contributed by atoms with Gasteiger partial charge in [0.2, 0.25) is 0 Å². The van der Waals surface area contributed by atoms with Gasteiger partial charge in [0, 0.05) is 27.5 Å². The van der Waals surface area contributed by atoms with Crippen LogP contribution in [0.25, 0.3) is 67.2 Å². The zero-order chi connectivity index (χ0) is 33.3. The lowest BCUT2D eigenvalue weighted by Crippen LogP contribution is -2.55. The Kier molecular flexibility index (Phi) is 7.74. The van der Waals surface area contributed by atoms with E-state index in [1.807, 2.05) is 24.3 Å².